The van der Waals surface area contributed by atoms with Gasteiger partial charge in [0.2, 0.25) is 0 Å². The average Bonchev–Trinajstić information content (AvgIpc) is 3.35. The van der Waals surface area contributed by atoms with Gasteiger partial charge in [-0.3, -0.25) is 0 Å². The lowest BCUT2D eigenvalue weighted by molar-refractivity contribution is 0.661. The van der Waals surface area contributed by atoms with E-state index in [0.717, 1.165) is 0 Å². The summed E-state index contributed by atoms with van der Waals surface area (Å²) in [5.74, 6) is 0. The molecule has 10 rings (SSSR count). The molecule has 9 aromatic carbocycles. The second-order valence-corrected chi connectivity index (χ2v) is 13.7. The maximum Gasteiger partial charge on any atom is 0.0159 e. The molecule has 220 valence electrons. The number of hydrogen-bond donors (Lipinski definition) is 0. The van der Waals surface area contributed by atoms with Crippen LogP contribution in [0.15, 0.2) is 158 Å². The van der Waals surface area contributed by atoms with E-state index in [9.17, 15) is 0 Å². The molecule has 0 heteroatoms. The Morgan fingerprint density at radius 3 is 1.62 bits per heavy atom. The summed E-state index contributed by atoms with van der Waals surface area (Å²) in [6, 6.07) is 58.9. The highest BCUT2D eigenvalue weighted by atomic mass is 14.4. The average molecular weight is 597 g/mol. The van der Waals surface area contributed by atoms with E-state index in [-0.39, 0.29) is 5.41 Å². The van der Waals surface area contributed by atoms with Crippen LogP contribution < -0.4 is 0 Å². The Balaban J connectivity index is 1.02. The lowest BCUT2D eigenvalue weighted by Gasteiger charge is -2.23. The van der Waals surface area contributed by atoms with Crippen LogP contribution in [0.4, 0.5) is 0 Å². The molecule has 1 aliphatic rings. The van der Waals surface area contributed by atoms with E-state index in [4.69, 9.17) is 0 Å². The Labute approximate surface area is 274 Å². The standard InChI is InChI=1S/C47H32/c1-47(2)43-27-35(21-24-40(43)41-25-22-36(28-44(41)47)38-12-6-8-30-7-3-4-11-37(30)38)29-13-15-31(16-14-29)39-23-19-34-18-17-32-9-5-10-33-20-26-42(39)46(34)45(32)33/h3-28H,1-2H3. The van der Waals surface area contributed by atoms with E-state index in [0.29, 0.717) is 0 Å². The van der Waals surface area contributed by atoms with Crippen molar-refractivity contribution in [2.45, 2.75) is 19.3 Å². The summed E-state index contributed by atoms with van der Waals surface area (Å²) in [7, 11) is 0. The maximum absolute atomic E-state index is 2.43. The highest BCUT2D eigenvalue weighted by Gasteiger charge is 2.36. The first-order valence-electron chi connectivity index (χ1n) is 16.6. The molecule has 0 aromatic heterocycles. The van der Waals surface area contributed by atoms with Crippen molar-refractivity contribution in [2.24, 2.45) is 0 Å². The van der Waals surface area contributed by atoms with E-state index >= 15 is 0 Å². The molecule has 0 heterocycles. The van der Waals surface area contributed by atoms with E-state index in [2.05, 4.69) is 172 Å². The smallest absolute Gasteiger partial charge is 0.0159 e. The van der Waals surface area contributed by atoms with Gasteiger partial charge in [0, 0.05) is 5.41 Å². The fraction of sp³-hybridized carbons (Fsp3) is 0.0638. The van der Waals surface area contributed by atoms with E-state index in [1.165, 1.54) is 98.7 Å². The molecule has 0 saturated carbocycles. The molecule has 1 aliphatic carbocycles. The number of rotatable bonds is 3. The number of benzene rings is 9. The van der Waals surface area contributed by atoms with Crippen molar-refractivity contribution in [3.8, 4) is 44.5 Å². The lowest BCUT2D eigenvalue weighted by Crippen LogP contribution is -2.15. The van der Waals surface area contributed by atoms with Crippen LogP contribution in [-0.2, 0) is 5.41 Å². The first kappa shape index (κ1) is 26.5. The van der Waals surface area contributed by atoms with Gasteiger partial charge in [-0.25, -0.2) is 0 Å². The summed E-state index contributed by atoms with van der Waals surface area (Å²) in [5, 5.41) is 10.5. The molecule has 47 heavy (non-hydrogen) atoms. The van der Waals surface area contributed by atoms with Gasteiger partial charge in [-0.15, -0.1) is 0 Å². The summed E-state index contributed by atoms with van der Waals surface area (Å²) >= 11 is 0. The van der Waals surface area contributed by atoms with E-state index in [1.807, 2.05) is 0 Å². The fourth-order valence-corrected chi connectivity index (χ4v) is 8.39. The van der Waals surface area contributed by atoms with Crippen molar-refractivity contribution in [1.29, 1.82) is 0 Å². The van der Waals surface area contributed by atoms with Crippen LogP contribution in [0, 0.1) is 0 Å². The SMILES string of the molecule is CC1(C)c2cc(-c3ccc(-c4ccc5ccc6cccc7ccc4c5c67)cc3)ccc2-c2ccc(-c3cccc4ccccc34)cc21. The first-order valence-corrected chi connectivity index (χ1v) is 16.6. The third-order valence-electron chi connectivity index (χ3n) is 10.8. The minimum Gasteiger partial charge on any atom is -0.0616 e. The molecule has 0 spiro atoms. The van der Waals surface area contributed by atoms with Crippen molar-refractivity contribution in [1.82, 2.24) is 0 Å². The highest BCUT2D eigenvalue weighted by molar-refractivity contribution is 6.25. The summed E-state index contributed by atoms with van der Waals surface area (Å²) in [4.78, 5) is 0. The molecule has 0 aliphatic heterocycles. The molecule has 0 bridgehead atoms. The second kappa shape index (κ2) is 9.64. The molecule has 0 nitrogen and oxygen atoms in total. The molecular weight excluding hydrogens is 565 g/mol. The second-order valence-electron chi connectivity index (χ2n) is 13.7. The largest absolute Gasteiger partial charge is 0.0616 e. The van der Waals surface area contributed by atoms with Crippen LogP contribution in [0.25, 0.3) is 87.6 Å². The predicted octanol–water partition coefficient (Wildman–Crippen LogP) is 13.0. The monoisotopic (exact) mass is 596 g/mol. The van der Waals surface area contributed by atoms with Crippen molar-refractivity contribution in [3.05, 3.63) is 169 Å². The third-order valence-corrected chi connectivity index (χ3v) is 10.8. The summed E-state index contributed by atoms with van der Waals surface area (Å²) < 4.78 is 0. The third kappa shape index (κ3) is 3.82. The molecule has 0 unspecified atom stereocenters. The quantitative estimate of drug-likeness (QED) is 0.178. The zero-order valence-corrected chi connectivity index (χ0v) is 26.5. The van der Waals surface area contributed by atoms with Gasteiger partial charge >= 0.3 is 0 Å². The normalized spacial score (nSPS) is 13.5. The van der Waals surface area contributed by atoms with Crippen LogP contribution in [-0.4, -0.2) is 0 Å². The minimum atomic E-state index is -0.0943. The van der Waals surface area contributed by atoms with Crippen LogP contribution in [0.3, 0.4) is 0 Å². The molecule has 0 fully saturated rings. The van der Waals surface area contributed by atoms with Crippen LogP contribution in [0.2, 0.25) is 0 Å². The summed E-state index contributed by atoms with van der Waals surface area (Å²) in [6.07, 6.45) is 0. The summed E-state index contributed by atoms with van der Waals surface area (Å²) in [5.41, 5.74) is 13.0. The molecule has 0 amide bonds. The van der Waals surface area contributed by atoms with Crippen molar-refractivity contribution in [3.63, 3.8) is 0 Å². The van der Waals surface area contributed by atoms with Crippen molar-refractivity contribution in [2.75, 3.05) is 0 Å². The highest BCUT2D eigenvalue weighted by Crippen LogP contribution is 2.51. The van der Waals surface area contributed by atoms with Crippen molar-refractivity contribution < 1.29 is 0 Å². The molecule has 0 radical (unpaired) electrons. The molecule has 0 saturated heterocycles. The Bertz CT molecular complexity index is 2670. The number of hydrogen-bond acceptors (Lipinski definition) is 0. The Morgan fingerprint density at radius 1 is 0.319 bits per heavy atom. The minimum absolute atomic E-state index is 0.0943. The van der Waals surface area contributed by atoms with Gasteiger partial charge in [0.15, 0.2) is 0 Å². The first-order chi connectivity index (χ1) is 23.0. The Morgan fingerprint density at radius 2 is 0.830 bits per heavy atom. The topological polar surface area (TPSA) is 0 Å². The molecule has 0 N–H and O–H groups in total. The van der Waals surface area contributed by atoms with Crippen LogP contribution >= 0.6 is 0 Å². The van der Waals surface area contributed by atoms with Gasteiger partial charge in [-0.1, -0.05) is 159 Å². The maximum atomic E-state index is 2.43. The molecular formula is C47H32. The van der Waals surface area contributed by atoms with Crippen LogP contribution in [0.5, 0.6) is 0 Å². The van der Waals surface area contributed by atoms with Gasteiger partial charge < -0.3 is 0 Å². The molecule has 0 atom stereocenters. The zero-order valence-electron chi connectivity index (χ0n) is 26.5. The Hall–Kier alpha value is -5.72. The Kier molecular flexibility index (Phi) is 5.44. The number of fused-ring (bicyclic) bond motifs is 4. The van der Waals surface area contributed by atoms with E-state index < -0.39 is 0 Å². The molecule has 9 aromatic rings. The fourth-order valence-electron chi connectivity index (χ4n) is 8.39. The van der Waals surface area contributed by atoms with Gasteiger partial charge in [0.05, 0.1) is 0 Å². The van der Waals surface area contributed by atoms with Gasteiger partial charge in [0.25, 0.3) is 0 Å². The van der Waals surface area contributed by atoms with E-state index in [1.54, 1.807) is 0 Å². The summed E-state index contributed by atoms with van der Waals surface area (Å²) in [6.45, 7) is 4.76. The van der Waals surface area contributed by atoms with Gasteiger partial charge in [-0.2, -0.15) is 0 Å². The lowest BCUT2D eigenvalue weighted by atomic mass is 9.80. The van der Waals surface area contributed by atoms with Crippen LogP contribution in [0.1, 0.15) is 25.0 Å². The zero-order chi connectivity index (χ0) is 31.3. The van der Waals surface area contributed by atoms with Crippen molar-refractivity contribution >= 4 is 43.1 Å². The van der Waals surface area contributed by atoms with Gasteiger partial charge in [0.1, 0.15) is 0 Å². The predicted molar refractivity (Wildman–Crippen MR) is 202 cm³/mol. The van der Waals surface area contributed by atoms with Gasteiger partial charge in [-0.05, 0) is 111 Å².